The van der Waals surface area contributed by atoms with Crippen LogP contribution in [0.4, 0.5) is 4.79 Å². The maximum atomic E-state index is 11.2. The van der Waals surface area contributed by atoms with Crippen LogP contribution in [0.3, 0.4) is 0 Å². The molecule has 0 radical (unpaired) electrons. The Morgan fingerprint density at radius 2 is 1.88 bits per heavy atom. The van der Waals surface area contributed by atoms with Crippen molar-refractivity contribution in [3.05, 3.63) is 23.8 Å². The molecule has 0 aromatic rings. The zero-order valence-corrected chi connectivity index (χ0v) is 17.4. The second-order valence-electron chi connectivity index (χ2n) is 6.41. The average Bonchev–Trinajstić information content (AvgIpc) is 2.62. The van der Waals surface area contributed by atoms with Gasteiger partial charge in [-0.05, 0) is 45.6 Å². The van der Waals surface area contributed by atoms with Crippen LogP contribution in [0.5, 0.6) is 0 Å². The molecule has 1 aliphatic rings. The molecule has 152 valence electrons. The Balaban J connectivity index is 0. The zero-order valence-electron chi connectivity index (χ0n) is 17.4. The number of unbranched alkanes of at least 4 members (excludes halogenated alkanes) is 1. The SMILES string of the molecule is CC.CC(C)(C)OC(=O)CN.CCCCNC(=O)OCC1=CCCC=C1. The van der Waals surface area contributed by atoms with Gasteiger partial charge in [-0.25, -0.2) is 4.79 Å². The third-order valence-corrected chi connectivity index (χ3v) is 2.83. The van der Waals surface area contributed by atoms with E-state index in [-0.39, 0.29) is 18.6 Å². The van der Waals surface area contributed by atoms with Gasteiger partial charge in [-0.15, -0.1) is 0 Å². The van der Waals surface area contributed by atoms with Crippen molar-refractivity contribution in [3.63, 3.8) is 0 Å². The number of ether oxygens (including phenoxy) is 2. The number of allylic oxidation sites excluding steroid dienone is 2. The van der Waals surface area contributed by atoms with E-state index in [0.29, 0.717) is 13.2 Å². The molecular formula is C20H38N2O4. The number of esters is 1. The van der Waals surface area contributed by atoms with Crippen molar-refractivity contribution in [2.45, 2.75) is 72.8 Å². The number of carbonyl (C=O) groups is 2. The first-order chi connectivity index (χ1) is 12.3. The van der Waals surface area contributed by atoms with E-state index >= 15 is 0 Å². The zero-order chi connectivity index (χ0) is 20.4. The molecule has 0 spiro atoms. The Morgan fingerprint density at radius 1 is 1.23 bits per heavy atom. The number of amides is 1. The molecule has 1 rings (SSSR count). The molecule has 0 heterocycles. The van der Waals surface area contributed by atoms with Crippen LogP contribution in [0.2, 0.25) is 0 Å². The summed E-state index contributed by atoms with van der Waals surface area (Å²) < 4.78 is 9.88. The van der Waals surface area contributed by atoms with Gasteiger partial charge in [0, 0.05) is 6.54 Å². The van der Waals surface area contributed by atoms with Crippen molar-refractivity contribution in [1.82, 2.24) is 5.32 Å². The maximum absolute atomic E-state index is 11.2. The van der Waals surface area contributed by atoms with E-state index in [9.17, 15) is 9.59 Å². The molecule has 0 bridgehead atoms. The average molecular weight is 371 g/mol. The first-order valence-corrected chi connectivity index (χ1v) is 9.46. The first kappa shape index (κ1) is 26.4. The molecule has 0 saturated heterocycles. The number of alkyl carbamates (subject to hydrolysis) is 1. The second-order valence-corrected chi connectivity index (χ2v) is 6.41. The largest absolute Gasteiger partial charge is 0.459 e. The molecule has 6 heteroatoms. The summed E-state index contributed by atoms with van der Waals surface area (Å²) in [5.74, 6) is -0.359. The molecular weight excluding hydrogens is 332 g/mol. The minimum atomic E-state index is -0.406. The van der Waals surface area contributed by atoms with E-state index in [1.54, 1.807) is 20.8 Å². The van der Waals surface area contributed by atoms with Gasteiger partial charge in [0.15, 0.2) is 0 Å². The Bertz CT molecular complexity index is 438. The van der Waals surface area contributed by atoms with Crippen molar-refractivity contribution in [3.8, 4) is 0 Å². The Morgan fingerprint density at radius 3 is 2.31 bits per heavy atom. The fourth-order valence-electron chi connectivity index (χ4n) is 1.73. The highest BCUT2D eigenvalue weighted by Gasteiger charge is 2.14. The summed E-state index contributed by atoms with van der Waals surface area (Å²) in [5.41, 5.74) is 5.69. The van der Waals surface area contributed by atoms with E-state index in [1.807, 2.05) is 19.9 Å². The van der Waals surface area contributed by atoms with E-state index in [1.165, 1.54) is 0 Å². The van der Waals surface area contributed by atoms with Crippen molar-refractivity contribution in [2.24, 2.45) is 5.73 Å². The first-order valence-electron chi connectivity index (χ1n) is 9.46. The Kier molecular flexibility index (Phi) is 16.9. The molecule has 6 nitrogen and oxygen atoms in total. The Hall–Kier alpha value is -1.82. The highest BCUT2D eigenvalue weighted by molar-refractivity contribution is 5.71. The molecule has 0 aromatic heterocycles. The predicted octanol–water partition coefficient (Wildman–Crippen LogP) is 4.10. The molecule has 0 fully saturated rings. The smallest absolute Gasteiger partial charge is 0.407 e. The van der Waals surface area contributed by atoms with Crippen LogP contribution < -0.4 is 11.1 Å². The van der Waals surface area contributed by atoms with E-state index in [0.717, 1.165) is 31.3 Å². The molecule has 1 aliphatic carbocycles. The van der Waals surface area contributed by atoms with Crippen molar-refractivity contribution in [2.75, 3.05) is 19.7 Å². The highest BCUT2D eigenvalue weighted by Crippen LogP contribution is 2.09. The number of hydrogen-bond donors (Lipinski definition) is 2. The van der Waals surface area contributed by atoms with Gasteiger partial charge in [-0.2, -0.15) is 0 Å². The number of nitrogens with one attached hydrogen (secondary N) is 1. The highest BCUT2D eigenvalue weighted by atomic mass is 16.6. The summed E-state index contributed by atoms with van der Waals surface area (Å²) in [6, 6.07) is 0. The summed E-state index contributed by atoms with van der Waals surface area (Å²) in [4.78, 5) is 21.7. The number of carbonyl (C=O) groups excluding carboxylic acids is 2. The monoisotopic (exact) mass is 370 g/mol. The summed E-state index contributed by atoms with van der Waals surface area (Å²) in [7, 11) is 0. The third kappa shape index (κ3) is 18.5. The second kappa shape index (κ2) is 16.6. The summed E-state index contributed by atoms with van der Waals surface area (Å²) in [5, 5.41) is 2.71. The van der Waals surface area contributed by atoms with Gasteiger partial charge in [0.1, 0.15) is 12.2 Å². The molecule has 0 unspecified atom stereocenters. The maximum Gasteiger partial charge on any atom is 0.407 e. The summed E-state index contributed by atoms with van der Waals surface area (Å²) in [6.07, 6.45) is 10.1. The van der Waals surface area contributed by atoms with Crippen LogP contribution in [0, 0.1) is 0 Å². The lowest BCUT2D eigenvalue weighted by Gasteiger charge is -2.18. The van der Waals surface area contributed by atoms with Crippen LogP contribution in [0.15, 0.2) is 23.8 Å². The van der Waals surface area contributed by atoms with Gasteiger partial charge in [0.05, 0.1) is 6.54 Å². The minimum Gasteiger partial charge on any atom is -0.459 e. The topological polar surface area (TPSA) is 90.6 Å². The van der Waals surface area contributed by atoms with E-state index in [4.69, 9.17) is 15.2 Å². The van der Waals surface area contributed by atoms with Crippen molar-refractivity contribution < 1.29 is 19.1 Å². The van der Waals surface area contributed by atoms with Crippen LogP contribution in [-0.2, 0) is 14.3 Å². The van der Waals surface area contributed by atoms with E-state index in [2.05, 4.69) is 24.4 Å². The quantitative estimate of drug-likeness (QED) is 0.542. The normalized spacial score (nSPS) is 12.5. The predicted molar refractivity (Wildman–Crippen MR) is 107 cm³/mol. The van der Waals surface area contributed by atoms with Crippen molar-refractivity contribution >= 4 is 12.1 Å². The standard InChI is InChI=1S/C12H19NO2.C6H13NO2.C2H6/c1-2-3-9-13-12(14)15-10-11-7-5-4-6-8-11;1-6(2,3)9-5(8)4-7;1-2/h5,7-8H,2-4,6,9-10H2,1H3,(H,13,14);4,7H2,1-3H3;1-2H3. The molecule has 0 atom stereocenters. The molecule has 0 aromatic carbocycles. The third-order valence-electron chi connectivity index (χ3n) is 2.83. The number of rotatable bonds is 6. The van der Waals surface area contributed by atoms with E-state index < -0.39 is 5.60 Å². The van der Waals surface area contributed by atoms with Gasteiger partial charge in [0.25, 0.3) is 0 Å². The minimum absolute atomic E-state index is 0.0444. The molecule has 26 heavy (non-hydrogen) atoms. The fraction of sp³-hybridized carbons (Fsp3) is 0.700. The van der Waals surface area contributed by atoms with Gasteiger partial charge in [-0.1, -0.05) is 45.4 Å². The summed E-state index contributed by atoms with van der Waals surface area (Å²) >= 11 is 0. The van der Waals surface area contributed by atoms with Crippen molar-refractivity contribution in [1.29, 1.82) is 0 Å². The molecule has 0 saturated carbocycles. The van der Waals surface area contributed by atoms with Gasteiger partial charge >= 0.3 is 12.1 Å². The number of nitrogens with two attached hydrogens (primary N) is 1. The molecule has 1 amide bonds. The lowest BCUT2D eigenvalue weighted by atomic mass is 10.1. The lowest BCUT2D eigenvalue weighted by Crippen LogP contribution is -2.28. The number of hydrogen-bond acceptors (Lipinski definition) is 5. The van der Waals surface area contributed by atoms with Gasteiger partial charge in [0.2, 0.25) is 0 Å². The van der Waals surface area contributed by atoms with Crippen LogP contribution in [-0.4, -0.2) is 37.4 Å². The summed E-state index contributed by atoms with van der Waals surface area (Å²) in [6.45, 7) is 12.5. The van der Waals surface area contributed by atoms with Gasteiger partial charge < -0.3 is 20.5 Å². The van der Waals surface area contributed by atoms with Crippen LogP contribution in [0.1, 0.15) is 67.2 Å². The Labute approximate surface area is 159 Å². The molecule has 3 N–H and O–H groups in total. The van der Waals surface area contributed by atoms with Gasteiger partial charge in [-0.3, -0.25) is 4.79 Å². The molecule has 0 aliphatic heterocycles. The fourth-order valence-corrected chi connectivity index (χ4v) is 1.73. The van der Waals surface area contributed by atoms with Crippen LogP contribution >= 0.6 is 0 Å². The lowest BCUT2D eigenvalue weighted by molar-refractivity contribution is -0.152. The van der Waals surface area contributed by atoms with Crippen LogP contribution in [0.25, 0.3) is 0 Å².